The lowest BCUT2D eigenvalue weighted by Crippen LogP contribution is -2.28. The fraction of sp³-hybridized carbons (Fsp3) is 0.154. The third kappa shape index (κ3) is 3.49. The average Bonchev–Trinajstić information content (AvgIpc) is 3.21. The molecule has 1 aromatic heterocycles. The number of fused-ring (bicyclic) bond motifs is 3. The van der Waals surface area contributed by atoms with Gasteiger partial charge < -0.3 is 10.1 Å². The fourth-order valence-corrected chi connectivity index (χ4v) is 4.44. The molecule has 0 aliphatic carbocycles. The Morgan fingerprint density at radius 1 is 1.12 bits per heavy atom. The number of rotatable bonds is 6. The van der Waals surface area contributed by atoms with Crippen LogP contribution < -0.4 is 10.1 Å². The summed E-state index contributed by atoms with van der Waals surface area (Å²) in [6.45, 7) is 3.91. The van der Waals surface area contributed by atoms with Crippen LogP contribution in [0.3, 0.4) is 0 Å². The van der Waals surface area contributed by atoms with Gasteiger partial charge in [0, 0.05) is 22.9 Å². The van der Waals surface area contributed by atoms with Crippen molar-refractivity contribution >= 4 is 28.5 Å². The molecular weight excluding hydrogens is 432 g/mol. The van der Waals surface area contributed by atoms with Crippen LogP contribution >= 0.6 is 0 Å². The number of carbonyl (C=O) groups is 1. The first-order chi connectivity index (χ1) is 16.5. The zero-order valence-electron chi connectivity index (χ0n) is 18.7. The maximum atomic E-state index is 13.8. The molecule has 0 spiro atoms. The van der Waals surface area contributed by atoms with E-state index in [1.54, 1.807) is 31.2 Å². The minimum atomic E-state index is -0.620. The molecule has 0 bridgehead atoms. The first-order valence-electron chi connectivity index (χ1n) is 10.9. The summed E-state index contributed by atoms with van der Waals surface area (Å²) < 4.78 is 7.41. The molecule has 0 unspecified atom stereocenters. The number of nitrogens with one attached hydrogen (secondary N) is 1. The Hall–Kier alpha value is -4.46. The highest BCUT2D eigenvalue weighted by atomic mass is 16.6. The number of nitro benzene ring substituents is 1. The minimum absolute atomic E-state index is 0.145. The van der Waals surface area contributed by atoms with E-state index in [9.17, 15) is 14.9 Å². The second-order valence-electron chi connectivity index (χ2n) is 7.97. The monoisotopic (exact) mass is 454 g/mol. The van der Waals surface area contributed by atoms with Crippen molar-refractivity contribution in [1.29, 1.82) is 0 Å². The number of para-hydroxylation sites is 2. The van der Waals surface area contributed by atoms with Gasteiger partial charge in [0.25, 0.3) is 0 Å². The van der Waals surface area contributed by atoms with E-state index >= 15 is 0 Å². The summed E-state index contributed by atoms with van der Waals surface area (Å²) in [5.74, 6) is 0.609. The van der Waals surface area contributed by atoms with Crippen LogP contribution in [-0.2, 0) is 0 Å². The van der Waals surface area contributed by atoms with Gasteiger partial charge in [0.15, 0.2) is 11.5 Å². The molecule has 0 radical (unpaired) electrons. The quantitative estimate of drug-likeness (QED) is 0.234. The van der Waals surface area contributed by atoms with Crippen LogP contribution in [0.1, 0.15) is 35.8 Å². The number of hydrogen-bond acceptors (Lipinski definition) is 6. The number of hydrogen-bond donors (Lipinski definition) is 1. The molecule has 0 fully saturated rings. The van der Waals surface area contributed by atoms with Gasteiger partial charge in [-0.1, -0.05) is 48.5 Å². The van der Waals surface area contributed by atoms with Crippen molar-refractivity contribution in [3.8, 4) is 5.75 Å². The van der Waals surface area contributed by atoms with E-state index in [1.165, 1.54) is 6.07 Å². The molecule has 2 heterocycles. The number of imidazole rings is 1. The molecule has 0 saturated carbocycles. The van der Waals surface area contributed by atoms with E-state index in [4.69, 9.17) is 9.72 Å². The Kier molecular flexibility index (Phi) is 5.33. The van der Waals surface area contributed by atoms with E-state index in [0.29, 0.717) is 35.0 Å². The van der Waals surface area contributed by atoms with Crippen LogP contribution in [0, 0.1) is 10.1 Å². The molecule has 1 aliphatic heterocycles. The summed E-state index contributed by atoms with van der Waals surface area (Å²) >= 11 is 0. The lowest BCUT2D eigenvalue weighted by atomic mass is 9.89. The zero-order chi connectivity index (χ0) is 23.8. The molecule has 0 amide bonds. The Morgan fingerprint density at radius 3 is 2.59 bits per heavy atom. The van der Waals surface area contributed by atoms with Crippen molar-refractivity contribution in [1.82, 2.24) is 9.55 Å². The Labute approximate surface area is 195 Å². The largest absolute Gasteiger partial charge is 0.487 e. The van der Waals surface area contributed by atoms with Gasteiger partial charge in [0.2, 0.25) is 5.95 Å². The van der Waals surface area contributed by atoms with Gasteiger partial charge in [-0.25, -0.2) is 4.98 Å². The third-order valence-corrected chi connectivity index (χ3v) is 5.91. The maximum absolute atomic E-state index is 13.8. The van der Waals surface area contributed by atoms with Gasteiger partial charge in [0.1, 0.15) is 0 Å². The number of benzene rings is 3. The summed E-state index contributed by atoms with van der Waals surface area (Å²) in [5.41, 5.74) is 3.72. The molecule has 170 valence electrons. The molecule has 34 heavy (non-hydrogen) atoms. The van der Waals surface area contributed by atoms with Gasteiger partial charge in [-0.15, -0.1) is 0 Å². The molecule has 1 aliphatic rings. The molecule has 1 N–H and O–H groups in total. The number of anilines is 1. The molecular formula is C26H22N4O4. The van der Waals surface area contributed by atoms with E-state index in [-0.39, 0.29) is 17.2 Å². The van der Waals surface area contributed by atoms with Crippen molar-refractivity contribution in [2.45, 2.75) is 19.9 Å². The van der Waals surface area contributed by atoms with Gasteiger partial charge in [-0.05, 0) is 37.6 Å². The number of ether oxygens (including phenoxy) is 1. The fourth-order valence-electron chi connectivity index (χ4n) is 4.44. The van der Waals surface area contributed by atoms with Gasteiger partial charge >= 0.3 is 5.69 Å². The van der Waals surface area contributed by atoms with Crippen LogP contribution in [0.15, 0.2) is 84.1 Å². The van der Waals surface area contributed by atoms with Gasteiger partial charge in [-0.2, -0.15) is 0 Å². The highest BCUT2D eigenvalue weighted by molar-refractivity contribution is 6.11. The highest BCUT2D eigenvalue weighted by Crippen LogP contribution is 2.42. The predicted octanol–water partition coefficient (Wildman–Crippen LogP) is 5.52. The second-order valence-corrected chi connectivity index (χ2v) is 7.97. The van der Waals surface area contributed by atoms with Crippen molar-refractivity contribution in [3.63, 3.8) is 0 Å². The Bertz CT molecular complexity index is 1460. The van der Waals surface area contributed by atoms with Crippen molar-refractivity contribution in [2.24, 2.45) is 0 Å². The lowest BCUT2D eigenvalue weighted by Gasteiger charge is -2.30. The van der Waals surface area contributed by atoms with E-state index in [0.717, 1.165) is 11.0 Å². The Balaban J connectivity index is 1.76. The number of nitrogens with zero attached hydrogens (tertiary/aromatic N) is 3. The van der Waals surface area contributed by atoms with Crippen molar-refractivity contribution < 1.29 is 14.5 Å². The second kappa shape index (κ2) is 8.47. The van der Waals surface area contributed by atoms with E-state index < -0.39 is 11.0 Å². The van der Waals surface area contributed by atoms with Crippen molar-refractivity contribution in [2.75, 3.05) is 11.9 Å². The van der Waals surface area contributed by atoms with Gasteiger partial charge in [0.05, 0.1) is 28.6 Å². The van der Waals surface area contributed by atoms with Crippen LogP contribution in [0.25, 0.3) is 11.0 Å². The number of carbonyl (C=O) groups excluding carboxylic acids is 1. The molecule has 3 aromatic carbocycles. The van der Waals surface area contributed by atoms with Gasteiger partial charge in [-0.3, -0.25) is 19.5 Å². The summed E-state index contributed by atoms with van der Waals surface area (Å²) in [6, 6.07) is 20.9. The zero-order valence-corrected chi connectivity index (χ0v) is 18.7. The Morgan fingerprint density at radius 2 is 1.85 bits per heavy atom. The van der Waals surface area contributed by atoms with Crippen molar-refractivity contribution in [3.05, 3.63) is 105 Å². The van der Waals surface area contributed by atoms with Crippen LogP contribution in [0.4, 0.5) is 11.6 Å². The molecule has 5 rings (SSSR count). The topological polar surface area (TPSA) is 99.3 Å². The standard InChI is InChI=1S/C26H22N4O4/c1-3-34-22-14-13-18(15-21(22)30(32)33)24-23(25(31)17-9-5-4-6-10-17)16(2)27-26-28-19-11-7-8-12-20(19)29(24)26/h4-15,24H,3H2,1-2H3,(H,27,28)/t24-/m0/s1. The smallest absolute Gasteiger partial charge is 0.311 e. The molecule has 4 aromatic rings. The molecule has 8 heteroatoms. The number of allylic oxidation sites excluding steroid dienone is 2. The summed E-state index contributed by atoms with van der Waals surface area (Å²) in [5, 5.41) is 15.1. The summed E-state index contributed by atoms with van der Waals surface area (Å²) in [6.07, 6.45) is 0. The van der Waals surface area contributed by atoms with Crippen LogP contribution in [-0.4, -0.2) is 26.9 Å². The normalized spacial score (nSPS) is 15.1. The number of Topliss-reactive ketones (excluding diaryl/α,β-unsaturated/α-hetero) is 1. The van der Waals surface area contributed by atoms with E-state index in [2.05, 4.69) is 5.32 Å². The SMILES string of the molecule is CCOc1ccc([C@H]2C(C(=O)c3ccccc3)=C(C)Nc3nc4ccccc4n32)cc1[N+](=O)[O-]. The molecule has 0 saturated heterocycles. The molecule has 8 nitrogen and oxygen atoms in total. The van der Waals surface area contributed by atoms with Crippen LogP contribution in [0.2, 0.25) is 0 Å². The van der Waals surface area contributed by atoms with Crippen LogP contribution in [0.5, 0.6) is 5.75 Å². The predicted molar refractivity (Wildman–Crippen MR) is 129 cm³/mol. The number of nitro groups is 1. The number of ketones is 1. The lowest BCUT2D eigenvalue weighted by molar-refractivity contribution is -0.385. The first kappa shape index (κ1) is 21.4. The minimum Gasteiger partial charge on any atom is -0.487 e. The maximum Gasteiger partial charge on any atom is 0.311 e. The molecule has 1 atom stereocenters. The third-order valence-electron chi connectivity index (χ3n) is 5.91. The van der Waals surface area contributed by atoms with E-state index in [1.807, 2.05) is 54.0 Å². The summed E-state index contributed by atoms with van der Waals surface area (Å²) in [4.78, 5) is 29.9. The summed E-state index contributed by atoms with van der Waals surface area (Å²) in [7, 11) is 0. The average molecular weight is 454 g/mol. The first-order valence-corrected chi connectivity index (χ1v) is 10.9. The number of aromatic nitrogens is 2. The highest BCUT2D eigenvalue weighted by Gasteiger charge is 2.35.